The lowest BCUT2D eigenvalue weighted by Gasteiger charge is -2.43. The fraction of sp³-hybridized carbons (Fsp3) is 0.545. The van der Waals surface area contributed by atoms with Gasteiger partial charge in [0, 0.05) is 17.7 Å². The van der Waals surface area contributed by atoms with E-state index in [1.54, 1.807) is 0 Å². The summed E-state index contributed by atoms with van der Waals surface area (Å²) in [7, 11) is 0. The number of hydrogen-bond acceptors (Lipinski definition) is 22. The lowest BCUT2D eigenvalue weighted by Crippen LogP contribution is -2.63. The fourth-order valence-electron chi connectivity index (χ4n) is 6.27. The zero-order valence-corrected chi connectivity index (χ0v) is 28.2. The summed E-state index contributed by atoms with van der Waals surface area (Å²) >= 11 is 0. The van der Waals surface area contributed by atoms with Crippen LogP contribution in [0.5, 0.6) is 28.7 Å². The van der Waals surface area contributed by atoms with Gasteiger partial charge in [-0.1, -0.05) is 0 Å². The van der Waals surface area contributed by atoms with Crippen molar-refractivity contribution in [2.45, 2.75) is 92.1 Å². The SMILES string of the molecule is O=c1c(O[C@@H]2O[C@H](CO[C@@H]3O[C@H](CO[C@@H]4O[C@H](CO)[C@@H](O)[C@H](O)[C@H]4O)[C@@H](O)[C@H](O)[C@H]3O)[C@@H](O)[C@H](O)[C@H]2O)c(-c2ccc(O)c(O)c2)oc2cc(O)cc(O)c12. The molecule has 2 aromatic carbocycles. The molecule has 22 nitrogen and oxygen atoms in total. The number of phenols is 4. The smallest absolute Gasteiger partial charge is 0.239 e. The third-order valence-corrected chi connectivity index (χ3v) is 9.42. The van der Waals surface area contributed by atoms with Crippen LogP contribution in [0.25, 0.3) is 22.3 Å². The van der Waals surface area contributed by atoms with E-state index in [9.17, 15) is 76.3 Å². The molecule has 0 unspecified atom stereocenters. The van der Waals surface area contributed by atoms with Crippen molar-refractivity contribution in [2.75, 3.05) is 19.8 Å². The van der Waals surface area contributed by atoms with Gasteiger partial charge in [-0.15, -0.1) is 0 Å². The van der Waals surface area contributed by atoms with E-state index in [-0.39, 0.29) is 11.1 Å². The van der Waals surface area contributed by atoms with E-state index in [4.69, 9.17) is 32.8 Å². The van der Waals surface area contributed by atoms with Crippen LogP contribution in [0.15, 0.2) is 39.5 Å². The Bertz CT molecular complexity index is 1870. The molecule has 0 radical (unpaired) electrons. The van der Waals surface area contributed by atoms with Crippen molar-refractivity contribution in [3.63, 3.8) is 0 Å². The van der Waals surface area contributed by atoms with Crippen LogP contribution in [0.2, 0.25) is 0 Å². The van der Waals surface area contributed by atoms with Gasteiger partial charge in [-0.05, 0) is 18.2 Å². The number of rotatable bonds is 10. The number of fused-ring (bicyclic) bond motifs is 1. The summed E-state index contributed by atoms with van der Waals surface area (Å²) in [5, 5.41) is 143. The van der Waals surface area contributed by atoms with Crippen molar-refractivity contribution in [2.24, 2.45) is 0 Å². The second kappa shape index (κ2) is 16.3. The van der Waals surface area contributed by atoms with Crippen LogP contribution >= 0.6 is 0 Å². The Hall–Kier alpha value is -3.95. The van der Waals surface area contributed by atoms with Gasteiger partial charge in [0.25, 0.3) is 0 Å². The molecule has 22 heteroatoms. The van der Waals surface area contributed by atoms with Crippen LogP contribution in [-0.4, -0.2) is 183 Å². The van der Waals surface area contributed by atoms with Gasteiger partial charge in [0.2, 0.25) is 17.5 Å². The molecule has 14 N–H and O–H groups in total. The quantitative estimate of drug-likeness (QED) is 0.0856. The number of hydrogen-bond donors (Lipinski definition) is 14. The van der Waals surface area contributed by atoms with Gasteiger partial charge in [-0.3, -0.25) is 4.79 Å². The van der Waals surface area contributed by atoms with Crippen molar-refractivity contribution < 1.29 is 104 Å². The molecule has 6 rings (SSSR count). The maximum Gasteiger partial charge on any atom is 0.239 e. The van der Waals surface area contributed by atoms with Gasteiger partial charge in [-0.2, -0.15) is 0 Å². The predicted molar refractivity (Wildman–Crippen MR) is 174 cm³/mol. The van der Waals surface area contributed by atoms with E-state index in [1.165, 1.54) is 6.07 Å². The highest BCUT2D eigenvalue weighted by molar-refractivity contribution is 5.88. The molecule has 0 aliphatic carbocycles. The number of phenolic OH excluding ortho intramolecular Hbond substituents is 4. The molecule has 304 valence electrons. The normalized spacial score (nSPS) is 36.9. The van der Waals surface area contributed by atoms with Crippen molar-refractivity contribution in [3.8, 4) is 40.1 Å². The van der Waals surface area contributed by atoms with Crippen LogP contribution in [0.4, 0.5) is 0 Å². The maximum absolute atomic E-state index is 13.7. The molecule has 15 atom stereocenters. The molecule has 3 aliphatic heterocycles. The first kappa shape index (κ1) is 40.7. The third kappa shape index (κ3) is 7.89. The Kier molecular flexibility index (Phi) is 12.0. The van der Waals surface area contributed by atoms with Crippen molar-refractivity contribution >= 4 is 11.0 Å². The summed E-state index contributed by atoms with van der Waals surface area (Å²) in [5.41, 5.74) is -1.53. The number of aromatic hydroxyl groups is 4. The Morgan fingerprint density at radius 2 is 1.07 bits per heavy atom. The summed E-state index contributed by atoms with van der Waals surface area (Å²) < 4.78 is 38.8. The van der Waals surface area contributed by atoms with E-state index in [0.29, 0.717) is 0 Å². The zero-order valence-electron chi connectivity index (χ0n) is 28.2. The highest BCUT2D eigenvalue weighted by Gasteiger charge is 2.50. The van der Waals surface area contributed by atoms with Crippen molar-refractivity contribution in [1.82, 2.24) is 0 Å². The maximum atomic E-state index is 13.7. The Labute approximate surface area is 307 Å². The standard InChI is InChI=1S/C33H40O22/c34-6-15-19(39)23(43)26(46)31(52-15)49-7-16-20(40)24(44)27(47)32(53-16)50-8-17-21(41)25(45)28(48)33(54-17)55-30-22(42)18-13(38)4-10(35)5-14(18)51-29(30)9-1-2-11(36)12(37)3-9/h1-5,15-17,19-21,23-28,31-41,43-48H,6-8H2/t15-,16-,17-,19-,20-,21-,23+,24+,25+,26-,27-,28-,31-,32-,33+/m1/s1. The topological polar surface area (TPSA) is 369 Å². The number of ether oxygens (including phenoxy) is 6. The second-order valence-electron chi connectivity index (χ2n) is 13.1. The molecule has 0 amide bonds. The molecular weight excluding hydrogens is 748 g/mol. The Morgan fingerprint density at radius 3 is 1.62 bits per heavy atom. The Morgan fingerprint density at radius 1 is 0.564 bits per heavy atom. The van der Waals surface area contributed by atoms with Crippen molar-refractivity contribution in [3.05, 3.63) is 40.6 Å². The fourth-order valence-corrected chi connectivity index (χ4v) is 6.27. The minimum Gasteiger partial charge on any atom is -0.508 e. The van der Waals surface area contributed by atoms with Crippen LogP contribution in [0.1, 0.15) is 0 Å². The van der Waals surface area contributed by atoms with Crippen LogP contribution in [0, 0.1) is 0 Å². The molecule has 3 aromatic rings. The molecule has 4 heterocycles. The second-order valence-corrected chi connectivity index (χ2v) is 13.1. The molecule has 0 saturated carbocycles. The first-order chi connectivity index (χ1) is 26.0. The number of aliphatic hydroxyl groups is 10. The highest BCUT2D eigenvalue weighted by atomic mass is 16.7. The van der Waals surface area contributed by atoms with E-state index < -0.39 is 157 Å². The van der Waals surface area contributed by atoms with Gasteiger partial charge in [-0.25, -0.2) is 0 Å². The third-order valence-electron chi connectivity index (χ3n) is 9.42. The summed E-state index contributed by atoms with van der Waals surface area (Å²) in [4.78, 5) is 13.7. The average Bonchev–Trinajstić information content (AvgIpc) is 3.15. The van der Waals surface area contributed by atoms with Crippen molar-refractivity contribution in [1.29, 1.82) is 0 Å². The van der Waals surface area contributed by atoms with Gasteiger partial charge in [0.05, 0.1) is 19.8 Å². The van der Waals surface area contributed by atoms with E-state index in [0.717, 1.165) is 24.3 Å². The zero-order chi connectivity index (χ0) is 40.0. The van der Waals surface area contributed by atoms with Crippen LogP contribution in [-0.2, 0) is 23.7 Å². The summed E-state index contributed by atoms with van der Waals surface area (Å²) in [5.74, 6) is -3.66. The van der Waals surface area contributed by atoms with E-state index in [1.807, 2.05) is 0 Å². The first-order valence-electron chi connectivity index (χ1n) is 16.7. The number of benzene rings is 2. The molecule has 0 bridgehead atoms. The lowest BCUT2D eigenvalue weighted by molar-refractivity contribution is -0.339. The van der Waals surface area contributed by atoms with Gasteiger partial charge < -0.3 is 104 Å². The van der Waals surface area contributed by atoms with Gasteiger partial charge in [0.15, 0.2) is 29.8 Å². The minimum atomic E-state index is -2.08. The Balaban J connectivity index is 1.20. The molecule has 0 spiro atoms. The molecular formula is C33H40O22. The van der Waals surface area contributed by atoms with E-state index in [2.05, 4.69) is 0 Å². The molecule has 3 fully saturated rings. The summed E-state index contributed by atoms with van der Waals surface area (Å²) in [6, 6.07) is 5.05. The average molecular weight is 789 g/mol. The van der Waals surface area contributed by atoms with E-state index >= 15 is 0 Å². The predicted octanol–water partition coefficient (Wildman–Crippen LogP) is -4.89. The monoisotopic (exact) mass is 788 g/mol. The minimum absolute atomic E-state index is 0.0906. The summed E-state index contributed by atoms with van der Waals surface area (Å²) in [6.07, 6.45) is -27.0. The molecule has 3 saturated heterocycles. The van der Waals surface area contributed by atoms with Crippen LogP contribution < -0.4 is 10.2 Å². The first-order valence-corrected chi connectivity index (χ1v) is 16.7. The molecule has 55 heavy (non-hydrogen) atoms. The molecule has 3 aliphatic rings. The van der Waals surface area contributed by atoms with Crippen LogP contribution in [0.3, 0.4) is 0 Å². The summed E-state index contributed by atoms with van der Waals surface area (Å²) in [6.45, 7) is -2.22. The lowest BCUT2D eigenvalue weighted by atomic mass is 9.98. The highest BCUT2D eigenvalue weighted by Crippen LogP contribution is 2.39. The molecule has 1 aromatic heterocycles. The largest absolute Gasteiger partial charge is 0.508 e. The van der Waals surface area contributed by atoms with Gasteiger partial charge in [0.1, 0.15) is 95.7 Å². The van der Waals surface area contributed by atoms with Gasteiger partial charge >= 0.3 is 0 Å². The number of aliphatic hydroxyl groups excluding tert-OH is 10.